The van der Waals surface area contributed by atoms with E-state index in [1.807, 2.05) is 30.3 Å². The van der Waals surface area contributed by atoms with Crippen LogP contribution in [0.1, 0.15) is 15.9 Å². The predicted octanol–water partition coefficient (Wildman–Crippen LogP) is 3.84. The maximum Gasteiger partial charge on any atom is 0.271 e. The molecule has 142 valence electrons. The van der Waals surface area contributed by atoms with Crippen molar-refractivity contribution in [1.29, 1.82) is 0 Å². The topological polar surface area (TPSA) is 72.2 Å². The molecule has 0 fully saturated rings. The number of carbonyl (C=O) groups is 1. The third kappa shape index (κ3) is 4.24. The standard InChI is InChI=1S/C22H16FN5O/c23-19-8-6-16(7-9-19)21-18(15-28(27-21)20-4-2-1-3-5-20)14-25-26-22(29)17-10-12-24-13-11-17/h1-15H,(H,26,29)/b25-14+. The molecule has 0 unspecified atom stereocenters. The van der Waals surface area contributed by atoms with Gasteiger partial charge in [0.25, 0.3) is 5.91 Å². The number of hydrogen-bond acceptors (Lipinski definition) is 4. The van der Waals surface area contributed by atoms with Gasteiger partial charge in [-0.1, -0.05) is 18.2 Å². The maximum absolute atomic E-state index is 13.3. The lowest BCUT2D eigenvalue weighted by molar-refractivity contribution is 0.0955. The molecule has 0 spiro atoms. The number of hydrogen-bond donors (Lipinski definition) is 1. The molecular formula is C22H16FN5O. The van der Waals surface area contributed by atoms with E-state index in [1.54, 1.807) is 35.1 Å². The summed E-state index contributed by atoms with van der Waals surface area (Å²) in [7, 11) is 0. The van der Waals surface area contributed by atoms with Crippen LogP contribution in [-0.4, -0.2) is 26.9 Å². The fourth-order valence-electron chi connectivity index (χ4n) is 2.76. The first kappa shape index (κ1) is 18.2. The third-order valence-corrected chi connectivity index (χ3v) is 4.19. The molecule has 0 saturated heterocycles. The molecule has 2 aromatic carbocycles. The minimum atomic E-state index is -0.345. The average molecular weight is 385 g/mol. The zero-order valence-corrected chi connectivity index (χ0v) is 15.2. The molecule has 0 radical (unpaired) electrons. The van der Waals surface area contributed by atoms with Gasteiger partial charge in [0.1, 0.15) is 11.5 Å². The molecule has 0 saturated carbocycles. The number of benzene rings is 2. The van der Waals surface area contributed by atoms with Gasteiger partial charge < -0.3 is 0 Å². The van der Waals surface area contributed by atoms with Crippen LogP contribution in [0.25, 0.3) is 16.9 Å². The van der Waals surface area contributed by atoms with Crippen LogP contribution in [0.15, 0.2) is 90.4 Å². The molecule has 0 aliphatic heterocycles. The minimum Gasteiger partial charge on any atom is -0.267 e. The summed E-state index contributed by atoms with van der Waals surface area (Å²) >= 11 is 0. The summed E-state index contributed by atoms with van der Waals surface area (Å²) in [5.41, 5.74) is 5.85. The molecule has 6 nitrogen and oxygen atoms in total. The van der Waals surface area contributed by atoms with Crippen molar-refractivity contribution in [2.75, 3.05) is 0 Å². The molecule has 29 heavy (non-hydrogen) atoms. The monoisotopic (exact) mass is 385 g/mol. The van der Waals surface area contributed by atoms with E-state index < -0.39 is 0 Å². The number of nitrogens with zero attached hydrogens (tertiary/aromatic N) is 4. The van der Waals surface area contributed by atoms with Crippen molar-refractivity contribution in [3.05, 3.63) is 102 Å². The first-order chi connectivity index (χ1) is 14.2. The van der Waals surface area contributed by atoms with Gasteiger partial charge in [0.05, 0.1) is 11.9 Å². The third-order valence-electron chi connectivity index (χ3n) is 4.19. The second-order valence-corrected chi connectivity index (χ2v) is 6.16. The molecule has 0 aliphatic carbocycles. The van der Waals surface area contributed by atoms with Crippen molar-refractivity contribution in [1.82, 2.24) is 20.2 Å². The minimum absolute atomic E-state index is 0.323. The molecule has 7 heteroatoms. The van der Waals surface area contributed by atoms with Crippen LogP contribution < -0.4 is 5.43 Å². The molecule has 2 aromatic heterocycles. The molecule has 1 N–H and O–H groups in total. The van der Waals surface area contributed by atoms with E-state index in [1.165, 1.54) is 30.7 Å². The number of aromatic nitrogens is 3. The zero-order chi connectivity index (χ0) is 20.1. The zero-order valence-electron chi connectivity index (χ0n) is 15.2. The molecular weight excluding hydrogens is 369 g/mol. The number of para-hydroxylation sites is 1. The van der Waals surface area contributed by atoms with Crippen molar-refractivity contribution >= 4 is 12.1 Å². The highest BCUT2D eigenvalue weighted by atomic mass is 19.1. The number of hydrazone groups is 1. The Hall–Kier alpha value is -4.13. The Labute approximate surface area is 166 Å². The largest absolute Gasteiger partial charge is 0.271 e. The molecule has 4 aromatic rings. The summed E-state index contributed by atoms with van der Waals surface area (Å²) in [5.74, 6) is -0.668. The van der Waals surface area contributed by atoms with Gasteiger partial charge in [-0.15, -0.1) is 0 Å². The number of nitrogens with one attached hydrogen (secondary N) is 1. The van der Waals surface area contributed by atoms with Crippen molar-refractivity contribution < 1.29 is 9.18 Å². The average Bonchev–Trinajstić information content (AvgIpc) is 3.19. The van der Waals surface area contributed by atoms with Crippen LogP contribution in [-0.2, 0) is 0 Å². The Morgan fingerprint density at radius 3 is 2.45 bits per heavy atom. The predicted molar refractivity (Wildman–Crippen MR) is 108 cm³/mol. The van der Waals surface area contributed by atoms with Crippen LogP contribution in [0.4, 0.5) is 4.39 Å². The van der Waals surface area contributed by atoms with E-state index in [9.17, 15) is 9.18 Å². The van der Waals surface area contributed by atoms with Crippen molar-refractivity contribution in [2.24, 2.45) is 5.10 Å². The lowest BCUT2D eigenvalue weighted by Gasteiger charge is -2.00. The van der Waals surface area contributed by atoms with Gasteiger partial charge in [0.15, 0.2) is 0 Å². The molecule has 0 aliphatic rings. The number of carbonyl (C=O) groups excluding carboxylic acids is 1. The second kappa shape index (κ2) is 8.26. The van der Waals surface area contributed by atoms with Gasteiger partial charge in [-0.3, -0.25) is 9.78 Å². The number of rotatable bonds is 5. The Kier molecular flexibility index (Phi) is 5.20. The lowest BCUT2D eigenvalue weighted by atomic mass is 10.1. The Bertz CT molecular complexity index is 1140. The smallest absolute Gasteiger partial charge is 0.267 e. The van der Waals surface area contributed by atoms with Crippen LogP contribution in [0, 0.1) is 5.82 Å². The highest BCUT2D eigenvalue weighted by Gasteiger charge is 2.11. The molecule has 1 amide bonds. The van der Waals surface area contributed by atoms with E-state index in [2.05, 4.69) is 20.6 Å². The van der Waals surface area contributed by atoms with Gasteiger partial charge >= 0.3 is 0 Å². The quantitative estimate of drug-likeness (QED) is 0.419. The summed E-state index contributed by atoms with van der Waals surface area (Å²) in [4.78, 5) is 16.0. The van der Waals surface area contributed by atoms with Crippen molar-refractivity contribution in [3.8, 4) is 16.9 Å². The van der Waals surface area contributed by atoms with E-state index in [0.717, 1.165) is 11.3 Å². The fraction of sp³-hybridized carbons (Fsp3) is 0. The summed E-state index contributed by atoms with van der Waals surface area (Å²) in [5, 5.41) is 8.67. The van der Waals surface area contributed by atoms with Crippen molar-refractivity contribution in [2.45, 2.75) is 0 Å². The summed E-state index contributed by atoms with van der Waals surface area (Å²) in [6.07, 6.45) is 6.39. The SMILES string of the molecule is O=C(N/N=C/c1cn(-c2ccccc2)nc1-c1ccc(F)cc1)c1ccncc1. The number of amides is 1. The first-order valence-electron chi connectivity index (χ1n) is 8.85. The number of pyridine rings is 1. The van der Waals surface area contributed by atoms with Gasteiger partial charge in [-0.25, -0.2) is 14.5 Å². The van der Waals surface area contributed by atoms with Crippen LogP contribution in [0.5, 0.6) is 0 Å². The van der Waals surface area contributed by atoms with Gasteiger partial charge in [0, 0.05) is 35.3 Å². The summed E-state index contributed by atoms with van der Waals surface area (Å²) < 4.78 is 15.0. The van der Waals surface area contributed by atoms with Crippen LogP contribution in [0.2, 0.25) is 0 Å². The molecule has 0 bridgehead atoms. The lowest BCUT2D eigenvalue weighted by Crippen LogP contribution is -2.17. The number of halogens is 1. The molecule has 4 rings (SSSR count). The van der Waals surface area contributed by atoms with Gasteiger partial charge in [-0.05, 0) is 48.5 Å². The summed E-state index contributed by atoms with van der Waals surface area (Å²) in [6.45, 7) is 0. The van der Waals surface area contributed by atoms with E-state index >= 15 is 0 Å². The van der Waals surface area contributed by atoms with E-state index in [4.69, 9.17) is 0 Å². The Balaban J connectivity index is 1.64. The summed E-state index contributed by atoms with van der Waals surface area (Å²) in [6, 6.07) is 18.9. The maximum atomic E-state index is 13.3. The normalized spacial score (nSPS) is 10.9. The van der Waals surface area contributed by atoms with Crippen LogP contribution in [0.3, 0.4) is 0 Å². The Morgan fingerprint density at radius 1 is 1.00 bits per heavy atom. The van der Waals surface area contributed by atoms with E-state index in [-0.39, 0.29) is 11.7 Å². The first-order valence-corrected chi connectivity index (χ1v) is 8.85. The Morgan fingerprint density at radius 2 is 1.72 bits per heavy atom. The highest BCUT2D eigenvalue weighted by molar-refractivity contribution is 5.95. The second-order valence-electron chi connectivity index (χ2n) is 6.16. The highest BCUT2D eigenvalue weighted by Crippen LogP contribution is 2.23. The van der Waals surface area contributed by atoms with Gasteiger partial charge in [0.2, 0.25) is 0 Å². The molecule has 0 atom stereocenters. The van der Waals surface area contributed by atoms with Gasteiger partial charge in [-0.2, -0.15) is 10.2 Å². The molecule has 2 heterocycles. The van der Waals surface area contributed by atoms with E-state index in [0.29, 0.717) is 16.8 Å². The van der Waals surface area contributed by atoms with Crippen LogP contribution >= 0.6 is 0 Å². The van der Waals surface area contributed by atoms with Crippen molar-refractivity contribution in [3.63, 3.8) is 0 Å². The fourth-order valence-corrected chi connectivity index (χ4v) is 2.76.